The zero-order chi connectivity index (χ0) is 12.1. The van der Waals surface area contributed by atoms with E-state index >= 15 is 0 Å². The summed E-state index contributed by atoms with van der Waals surface area (Å²) in [7, 11) is 2.50. The number of aliphatic hydroxyl groups excluding tert-OH is 2. The van der Waals surface area contributed by atoms with E-state index in [9.17, 15) is 15.0 Å². The average Bonchev–Trinajstić information content (AvgIpc) is 2.35. The Hall–Kier alpha value is -1.66. The zero-order valence-electron chi connectivity index (χ0n) is 8.95. The van der Waals surface area contributed by atoms with Crippen LogP contribution in [0, 0.1) is 0 Å². The van der Waals surface area contributed by atoms with E-state index in [1.54, 1.807) is 6.07 Å². The van der Waals surface area contributed by atoms with Gasteiger partial charge in [-0.3, -0.25) is 0 Å². The quantitative estimate of drug-likeness (QED) is 0.684. The van der Waals surface area contributed by atoms with E-state index in [0.29, 0.717) is 0 Å². The summed E-state index contributed by atoms with van der Waals surface area (Å²) in [5.41, 5.74) is 0.225. The molecule has 6 nitrogen and oxygen atoms in total. The number of rotatable bonds is 4. The van der Waals surface area contributed by atoms with Crippen molar-refractivity contribution in [3.05, 3.63) is 23.9 Å². The Morgan fingerprint density at radius 2 is 2.12 bits per heavy atom. The number of methoxy groups -OCH3 is 2. The summed E-state index contributed by atoms with van der Waals surface area (Å²) in [4.78, 5) is 14.9. The minimum absolute atomic E-state index is 0.151. The first-order chi connectivity index (χ1) is 7.61. The number of carbonyl (C=O) groups excluding carboxylic acids is 1. The molecule has 88 valence electrons. The van der Waals surface area contributed by atoms with Crippen LogP contribution in [0.25, 0.3) is 0 Å². The number of hydrogen-bond acceptors (Lipinski definition) is 6. The average molecular weight is 227 g/mol. The Kier molecular flexibility index (Phi) is 4.21. The summed E-state index contributed by atoms with van der Waals surface area (Å²) in [6.45, 7) is 0. The van der Waals surface area contributed by atoms with Crippen molar-refractivity contribution in [1.29, 1.82) is 0 Å². The second-order valence-corrected chi connectivity index (χ2v) is 3.01. The molecule has 1 heterocycles. The maximum atomic E-state index is 11.0. The van der Waals surface area contributed by atoms with Gasteiger partial charge in [0.15, 0.2) is 6.10 Å². The smallest absolute Gasteiger partial charge is 0.337 e. The van der Waals surface area contributed by atoms with Gasteiger partial charge in [0.25, 0.3) is 0 Å². The van der Waals surface area contributed by atoms with Crippen molar-refractivity contribution in [2.75, 3.05) is 14.2 Å². The Morgan fingerprint density at radius 3 is 2.69 bits per heavy atom. The van der Waals surface area contributed by atoms with E-state index < -0.39 is 18.2 Å². The number of aromatic nitrogens is 1. The van der Waals surface area contributed by atoms with Crippen LogP contribution in [-0.2, 0) is 9.53 Å². The molecule has 16 heavy (non-hydrogen) atoms. The summed E-state index contributed by atoms with van der Waals surface area (Å²) in [5.74, 6) is -0.767. The molecular formula is C10H13NO5. The van der Waals surface area contributed by atoms with Gasteiger partial charge in [0.05, 0.1) is 14.2 Å². The molecule has 1 aromatic rings. The molecule has 0 saturated carbocycles. The minimum atomic E-state index is -1.66. The number of esters is 1. The van der Waals surface area contributed by atoms with Crippen LogP contribution in [0.2, 0.25) is 0 Å². The largest absolute Gasteiger partial charge is 0.481 e. The molecule has 0 aliphatic carbocycles. The Bertz CT molecular complexity index is 368. The standard InChI is InChI=1S/C10H13NO5/c1-15-9-6(4-3-5-11-9)7(12)8(13)10(14)16-2/h3-5,7-8,12-13H,1-2H3. The van der Waals surface area contributed by atoms with E-state index in [2.05, 4.69) is 9.72 Å². The van der Waals surface area contributed by atoms with E-state index in [4.69, 9.17) is 4.74 Å². The predicted octanol–water partition coefficient (Wildman–Crippen LogP) is -0.343. The number of aliphatic hydroxyl groups is 2. The van der Waals surface area contributed by atoms with Gasteiger partial charge in [0.1, 0.15) is 6.10 Å². The summed E-state index contributed by atoms with van der Waals surface area (Å²) in [5, 5.41) is 19.2. The van der Waals surface area contributed by atoms with E-state index in [1.807, 2.05) is 0 Å². The summed E-state index contributed by atoms with van der Waals surface area (Å²) >= 11 is 0. The molecule has 0 spiro atoms. The van der Waals surface area contributed by atoms with Gasteiger partial charge in [0, 0.05) is 11.8 Å². The van der Waals surface area contributed by atoms with Crippen LogP contribution < -0.4 is 4.74 Å². The second-order valence-electron chi connectivity index (χ2n) is 3.01. The molecule has 1 rings (SSSR count). The van der Waals surface area contributed by atoms with Crippen molar-refractivity contribution >= 4 is 5.97 Å². The third-order valence-electron chi connectivity index (χ3n) is 2.05. The molecular weight excluding hydrogens is 214 g/mol. The summed E-state index contributed by atoms with van der Waals surface area (Å²) in [6, 6.07) is 3.06. The highest BCUT2D eigenvalue weighted by molar-refractivity contribution is 5.75. The molecule has 1 aromatic heterocycles. The monoisotopic (exact) mass is 227 g/mol. The van der Waals surface area contributed by atoms with Crippen LogP contribution in [0.1, 0.15) is 11.7 Å². The third kappa shape index (κ3) is 2.47. The van der Waals surface area contributed by atoms with Crippen LogP contribution in [0.3, 0.4) is 0 Å². The fraction of sp³-hybridized carbons (Fsp3) is 0.400. The number of pyridine rings is 1. The maximum absolute atomic E-state index is 11.0. The van der Waals surface area contributed by atoms with E-state index in [1.165, 1.54) is 19.4 Å². The highest BCUT2D eigenvalue weighted by atomic mass is 16.5. The Balaban J connectivity index is 2.95. The molecule has 0 aromatic carbocycles. The van der Waals surface area contributed by atoms with Crippen LogP contribution in [0.15, 0.2) is 18.3 Å². The normalized spacial score (nSPS) is 14.0. The first-order valence-electron chi connectivity index (χ1n) is 4.54. The number of hydrogen-bond donors (Lipinski definition) is 2. The molecule has 0 aliphatic rings. The van der Waals surface area contributed by atoms with Crippen LogP contribution in [0.5, 0.6) is 5.88 Å². The number of carbonyl (C=O) groups is 1. The highest BCUT2D eigenvalue weighted by Gasteiger charge is 2.28. The first kappa shape index (κ1) is 12.4. The van der Waals surface area contributed by atoms with Gasteiger partial charge >= 0.3 is 5.97 Å². The minimum Gasteiger partial charge on any atom is -0.481 e. The van der Waals surface area contributed by atoms with Gasteiger partial charge in [-0.2, -0.15) is 0 Å². The predicted molar refractivity (Wildman–Crippen MR) is 53.8 cm³/mol. The lowest BCUT2D eigenvalue weighted by atomic mass is 10.1. The molecule has 0 radical (unpaired) electrons. The molecule has 2 N–H and O–H groups in total. The molecule has 2 unspecified atom stereocenters. The fourth-order valence-corrected chi connectivity index (χ4v) is 1.22. The molecule has 0 amide bonds. The topological polar surface area (TPSA) is 88.9 Å². The SMILES string of the molecule is COC(=O)C(O)C(O)c1cccnc1OC. The summed E-state index contributed by atoms with van der Waals surface area (Å²) < 4.78 is 9.21. The lowest BCUT2D eigenvalue weighted by molar-refractivity contribution is -0.156. The third-order valence-corrected chi connectivity index (χ3v) is 2.05. The van der Waals surface area contributed by atoms with Crippen molar-refractivity contribution in [2.45, 2.75) is 12.2 Å². The van der Waals surface area contributed by atoms with Crippen LogP contribution >= 0.6 is 0 Å². The lowest BCUT2D eigenvalue weighted by Crippen LogP contribution is -2.29. The molecule has 0 fully saturated rings. The second kappa shape index (κ2) is 5.43. The molecule has 0 bridgehead atoms. The van der Waals surface area contributed by atoms with E-state index in [-0.39, 0.29) is 11.4 Å². The van der Waals surface area contributed by atoms with Crippen molar-refractivity contribution in [3.8, 4) is 5.88 Å². The Labute approximate surface area is 92.5 Å². The van der Waals surface area contributed by atoms with Crippen molar-refractivity contribution in [1.82, 2.24) is 4.98 Å². The fourth-order valence-electron chi connectivity index (χ4n) is 1.22. The molecule has 0 aliphatic heterocycles. The van der Waals surface area contributed by atoms with Crippen molar-refractivity contribution < 1.29 is 24.5 Å². The van der Waals surface area contributed by atoms with Gasteiger partial charge in [-0.1, -0.05) is 0 Å². The van der Waals surface area contributed by atoms with Gasteiger partial charge in [-0.25, -0.2) is 9.78 Å². The van der Waals surface area contributed by atoms with Crippen LogP contribution in [0.4, 0.5) is 0 Å². The van der Waals surface area contributed by atoms with Crippen molar-refractivity contribution in [3.63, 3.8) is 0 Å². The Morgan fingerprint density at radius 1 is 1.44 bits per heavy atom. The molecule has 0 saturated heterocycles. The summed E-state index contributed by atoms with van der Waals surface area (Å²) in [6.07, 6.45) is -1.63. The lowest BCUT2D eigenvalue weighted by Gasteiger charge is -2.17. The molecule has 2 atom stereocenters. The highest BCUT2D eigenvalue weighted by Crippen LogP contribution is 2.25. The first-order valence-corrected chi connectivity index (χ1v) is 4.54. The van der Waals surface area contributed by atoms with E-state index in [0.717, 1.165) is 7.11 Å². The number of ether oxygens (including phenoxy) is 2. The van der Waals surface area contributed by atoms with Gasteiger partial charge in [-0.15, -0.1) is 0 Å². The number of nitrogens with zero attached hydrogens (tertiary/aromatic N) is 1. The van der Waals surface area contributed by atoms with Crippen LogP contribution in [-0.4, -0.2) is 41.5 Å². The maximum Gasteiger partial charge on any atom is 0.337 e. The van der Waals surface area contributed by atoms with Gasteiger partial charge < -0.3 is 19.7 Å². The van der Waals surface area contributed by atoms with Gasteiger partial charge in [0.2, 0.25) is 5.88 Å². The zero-order valence-corrected chi connectivity index (χ0v) is 8.95. The molecule has 6 heteroatoms. The van der Waals surface area contributed by atoms with Gasteiger partial charge in [-0.05, 0) is 12.1 Å². The van der Waals surface area contributed by atoms with Crippen molar-refractivity contribution in [2.24, 2.45) is 0 Å².